The minimum absolute atomic E-state index is 0.172. The molecule has 2 nitrogen and oxygen atoms in total. The second kappa shape index (κ2) is 10.0. The number of nitrogens with one attached hydrogen (secondary N) is 1. The van der Waals surface area contributed by atoms with Gasteiger partial charge in [-0.2, -0.15) is 0 Å². The molecule has 0 aliphatic heterocycles. The third-order valence-corrected chi connectivity index (χ3v) is 4.72. The van der Waals surface area contributed by atoms with E-state index >= 15 is 0 Å². The molecule has 2 aromatic rings. The van der Waals surface area contributed by atoms with Crippen molar-refractivity contribution in [2.75, 3.05) is 7.11 Å². The molecule has 3 heteroatoms. The van der Waals surface area contributed by atoms with Gasteiger partial charge in [-0.25, -0.2) is 4.39 Å². The molecule has 1 heterocycles. The zero-order valence-corrected chi connectivity index (χ0v) is 16.1. The third-order valence-electron chi connectivity index (χ3n) is 4.72. The van der Waals surface area contributed by atoms with Crippen molar-refractivity contribution < 1.29 is 9.13 Å². The maximum atomic E-state index is 13.7. The first-order valence-corrected chi connectivity index (χ1v) is 9.41. The fourth-order valence-corrected chi connectivity index (χ4v) is 3.25. The van der Waals surface area contributed by atoms with E-state index in [2.05, 4.69) is 37.6 Å². The summed E-state index contributed by atoms with van der Waals surface area (Å²) in [7, 11) is 1.68. The Bertz CT molecular complexity index is 785. The van der Waals surface area contributed by atoms with E-state index in [1.165, 1.54) is 17.3 Å². The Balaban J connectivity index is 2.16. The molecule has 2 rings (SSSR count). The van der Waals surface area contributed by atoms with Crippen LogP contribution in [0.3, 0.4) is 0 Å². The maximum Gasteiger partial charge on any atom is 0.123 e. The van der Waals surface area contributed by atoms with E-state index < -0.39 is 0 Å². The number of ether oxygens (including phenoxy) is 1. The van der Waals surface area contributed by atoms with Crippen LogP contribution >= 0.6 is 0 Å². The third kappa shape index (κ3) is 5.10. The average molecular weight is 355 g/mol. The first kappa shape index (κ1) is 20.0. The Hall–Kier alpha value is -2.29. The number of benzene rings is 1. The van der Waals surface area contributed by atoms with E-state index in [0.29, 0.717) is 5.92 Å². The summed E-state index contributed by atoms with van der Waals surface area (Å²) in [5.41, 5.74) is 3.53. The van der Waals surface area contributed by atoms with Crippen LogP contribution in [0.5, 0.6) is 0 Å². The first-order chi connectivity index (χ1) is 12.6. The monoisotopic (exact) mass is 355 g/mol. The van der Waals surface area contributed by atoms with Crippen LogP contribution < -0.4 is 0 Å². The molecule has 1 aromatic carbocycles. The summed E-state index contributed by atoms with van der Waals surface area (Å²) in [6, 6.07) is 5.03. The molecule has 1 aromatic heterocycles. The number of aromatic amines is 1. The van der Waals surface area contributed by atoms with Crippen LogP contribution in [0.25, 0.3) is 10.9 Å². The van der Waals surface area contributed by atoms with Crippen molar-refractivity contribution in [2.24, 2.45) is 0 Å². The van der Waals surface area contributed by atoms with Gasteiger partial charge in [0, 0.05) is 23.0 Å². The summed E-state index contributed by atoms with van der Waals surface area (Å²) < 4.78 is 19.0. The molecule has 0 fully saturated rings. The number of hydrogen-bond donors (Lipinski definition) is 1. The van der Waals surface area contributed by atoms with Crippen molar-refractivity contribution in [1.82, 2.24) is 4.98 Å². The Morgan fingerprint density at radius 3 is 2.85 bits per heavy atom. The van der Waals surface area contributed by atoms with Crippen LogP contribution in [0.15, 0.2) is 54.8 Å². The Labute approximate surface area is 156 Å². The van der Waals surface area contributed by atoms with E-state index in [4.69, 9.17) is 4.74 Å². The molecule has 0 aliphatic rings. The lowest BCUT2D eigenvalue weighted by atomic mass is 9.95. The minimum atomic E-state index is -0.172. The Morgan fingerprint density at radius 2 is 2.15 bits per heavy atom. The number of halogens is 1. The van der Waals surface area contributed by atoms with Gasteiger partial charge in [0.2, 0.25) is 0 Å². The van der Waals surface area contributed by atoms with E-state index in [-0.39, 0.29) is 5.82 Å². The van der Waals surface area contributed by atoms with Crippen molar-refractivity contribution in [2.45, 2.75) is 51.9 Å². The molecule has 0 aliphatic carbocycles. The van der Waals surface area contributed by atoms with Crippen molar-refractivity contribution >= 4 is 10.9 Å². The number of aromatic nitrogens is 1. The van der Waals surface area contributed by atoms with Crippen molar-refractivity contribution in [3.05, 3.63) is 71.9 Å². The molecule has 1 N–H and O–H groups in total. The topological polar surface area (TPSA) is 25.0 Å². The van der Waals surface area contributed by atoms with E-state index in [0.717, 1.165) is 48.8 Å². The summed E-state index contributed by atoms with van der Waals surface area (Å²) >= 11 is 0. The van der Waals surface area contributed by atoms with Crippen LogP contribution in [-0.4, -0.2) is 12.1 Å². The van der Waals surface area contributed by atoms with Gasteiger partial charge in [-0.3, -0.25) is 0 Å². The lowest BCUT2D eigenvalue weighted by molar-refractivity contribution is 0.285. The predicted octanol–water partition coefficient (Wildman–Crippen LogP) is 6.81. The molecule has 0 saturated carbocycles. The number of aryl methyl sites for hydroxylation is 1. The Morgan fingerprint density at radius 1 is 1.35 bits per heavy atom. The second-order valence-corrected chi connectivity index (χ2v) is 6.70. The highest BCUT2D eigenvalue weighted by atomic mass is 19.1. The van der Waals surface area contributed by atoms with Crippen molar-refractivity contribution in [3.63, 3.8) is 0 Å². The lowest BCUT2D eigenvalue weighted by Crippen LogP contribution is -1.98. The van der Waals surface area contributed by atoms with Gasteiger partial charge in [-0.1, -0.05) is 45.1 Å². The van der Waals surface area contributed by atoms with E-state index in [1.54, 1.807) is 19.3 Å². The fourth-order valence-electron chi connectivity index (χ4n) is 3.25. The van der Waals surface area contributed by atoms with E-state index in [1.807, 2.05) is 12.1 Å². The van der Waals surface area contributed by atoms with Crippen LogP contribution in [0, 0.1) is 5.82 Å². The number of fused-ring (bicyclic) bond motifs is 1. The zero-order valence-electron chi connectivity index (χ0n) is 16.1. The van der Waals surface area contributed by atoms with Gasteiger partial charge >= 0.3 is 0 Å². The quantitative estimate of drug-likeness (QED) is 0.283. The number of H-pyrrole nitrogens is 1. The van der Waals surface area contributed by atoms with Gasteiger partial charge in [0.05, 0.1) is 12.9 Å². The Kier molecular flexibility index (Phi) is 7.71. The molecule has 140 valence electrons. The number of unbranched alkanes of at least 4 members (excludes halogenated alkanes) is 1. The molecular formula is C23H30FNO. The smallest absolute Gasteiger partial charge is 0.123 e. The second-order valence-electron chi connectivity index (χ2n) is 6.70. The van der Waals surface area contributed by atoms with Gasteiger partial charge in [0.1, 0.15) is 5.82 Å². The number of allylic oxidation sites excluding steroid dienone is 4. The van der Waals surface area contributed by atoms with Crippen LogP contribution in [-0.2, 0) is 11.2 Å². The number of hydrogen-bond acceptors (Lipinski definition) is 1. The SMILES string of the molecule is C=C/C=C(\C/C=C\CC(C)c1[nH]c2ccc(F)cc2c1CCCC)OC. The van der Waals surface area contributed by atoms with Gasteiger partial charge in [0.15, 0.2) is 0 Å². The van der Waals surface area contributed by atoms with Crippen LogP contribution in [0.4, 0.5) is 4.39 Å². The summed E-state index contributed by atoms with van der Waals surface area (Å²) in [4.78, 5) is 3.53. The fraction of sp³-hybridized carbons (Fsp3) is 0.391. The normalized spacial score (nSPS) is 13.5. The molecular weight excluding hydrogens is 325 g/mol. The molecule has 26 heavy (non-hydrogen) atoms. The van der Waals surface area contributed by atoms with Gasteiger partial charge in [0.25, 0.3) is 0 Å². The highest BCUT2D eigenvalue weighted by molar-refractivity contribution is 5.85. The van der Waals surface area contributed by atoms with Gasteiger partial charge in [-0.05, 0) is 55.0 Å². The standard InChI is InChI=1S/C23H30FNO/c1-5-7-13-20-21-16-18(24)14-15-22(21)25-23(20)17(3)11-8-9-12-19(26-4)10-6-2/h6,8-10,14-17,25H,2,5,7,11-13H2,1,3-4H3/b9-8-,19-10+. The molecule has 0 saturated heterocycles. The predicted molar refractivity (Wildman–Crippen MR) is 109 cm³/mol. The zero-order chi connectivity index (χ0) is 18.9. The molecule has 0 bridgehead atoms. The summed E-state index contributed by atoms with van der Waals surface area (Å²) in [5, 5.41) is 1.03. The van der Waals surface area contributed by atoms with E-state index in [9.17, 15) is 4.39 Å². The molecule has 0 radical (unpaired) electrons. The van der Waals surface area contributed by atoms with Crippen molar-refractivity contribution in [1.29, 1.82) is 0 Å². The number of rotatable bonds is 10. The number of methoxy groups -OCH3 is 1. The van der Waals surface area contributed by atoms with Crippen LogP contribution in [0.1, 0.15) is 56.7 Å². The first-order valence-electron chi connectivity index (χ1n) is 9.41. The maximum absolute atomic E-state index is 13.7. The minimum Gasteiger partial charge on any atom is -0.501 e. The summed E-state index contributed by atoms with van der Waals surface area (Å²) in [6.07, 6.45) is 12.9. The van der Waals surface area contributed by atoms with Crippen molar-refractivity contribution in [3.8, 4) is 0 Å². The molecule has 1 atom stereocenters. The average Bonchev–Trinajstić information content (AvgIpc) is 3.00. The highest BCUT2D eigenvalue weighted by Crippen LogP contribution is 2.31. The molecule has 0 spiro atoms. The highest BCUT2D eigenvalue weighted by Gasteiger charge is 2.16. The molecule has 0 amide bonds. The van der Waals surface area contributed by atoms with Crippen LogP contribution in [0.2, 0.25) is 0 Å². The lowest BCUT2D eigenvalue weighted by Gasteiger charge is -2.11. The summed E-state index contributed by atoms with van der Waals surface area (Å²) in [6.45, 7) is 8.10. The largest absolute Gasteiger partial charge is 0.501 e. The molecule has 1 unspecified atom stereocenters. The van der Waals surface area contributed by atoms with Gasteiger partial charge in [-0.15, -0.1) is 0 Å². The summed E-state index contributed by atoms with van der Waals surface area (Å²) in [5.74, 6) is 1.08. The van der Waals surface area contributed by atoms with Gasteiger partial charge < -0.3 is 9.72 Å².